The smallest absolute Gasteiger partial charge is 0.250 e. The first-order valence-corrected chi connectivity index (χ1v) is 6.93. The van der Waals surface area contributed by atoms with Crippen LogP contribution in [-0.4, -0.2) is 31.7 Å². The minimum absolute atomic E-state index is 0.0911. The van der Waals surface area contributed by atoms with Crippen LogP contribution < -0.4 is 10.6 Å². The first-order valence-electron chi connectivity index (χ1n) is 6.93. The third-order valence-corrected chi connectivity index (χ3v) is 3.56. The number of rotatable bonds is 5. The van der Waals surface area contributed by atoms with Crippen molar-refractivity contribution in [2.45, 2.75) is 37.8 Å². The molecule has 2 N–H and O–H groups in total. The molecule has 19 heavy (non-hydrogen) atoms. The van der Waals surface area contributed by atoms with E-state index in [0.717, 1.165) is 18.5 Å². The number of anilines is 1. The van der Waals surface area contributed by atoms with Gasteiger partial charge in [0, 0.05) is 11.7 Å². The van der Waals surface area contributed by atoms with E-state index >= 15 is 0 Å². The van der Waals surface area contributed by atoms with E-state index in [1.54, 1.807) is 0 Å². The Hall–Kier alpha value is -1.39. The monoisotopic (exact) mass is 262 g/mol. The summed E-state index contributed by atoms with van der Waals surface area (Å²) in [5.74, 6) is -0.0911. The molecule has 104 valence electrons. The topological polar surface area (TPSA) is 50.4 Å². The van der Waals surface area contributed by atoms with E-state index in [9.17, 15) is 4.79 Å². The van der Waals surface area contributed by atoms with Crippen LogP contribution in [0.25, 0.3) is 0 Å². The van der Waals surface area contributed by atoms with Crippen molar-refractivity contribution < 1.29 is 9.53 Å². The number of hydrogen-bond donors (Lipinski definition) is 2. The van der Waals surface area contributed by atoms with Gasteiger partial charge >= 0.3 is 0 Å². The third kappa shape index (κ3) is 4.33. The zero-order valence-corrected chi connectivity index (χ0v) is 11.4. The third-order valence-electron chi connectivity index (χ3n) is 3.56. The predicted molar refractivity (Wildman–Crippen MR) is 76.1 cm³/mol. The van der Waals surface area contributed by atoms with Gasteiger partial charge in [0.15, 0.2) is 0 Å². The standard InChI is InChI=1S/C15H22N2O2/c1-16-13-9-5-6-10-14(13)19-11-15(18)17-12-7-3-2-4-8-12/h2-4,7-8,13-14,16H,5-6,9-11H2,1H3,(H,17,18). The highest BCUT2D eigenvalue weighted by Crippen LogP contribution is 2.21. The molecule has 1 aliphatic carbocycles. The molecule has 1 fully saturated rings. The number of nitrogens with one attached hydrogen (secondary N) is 2. The quantitative estimate of drug-likeness (QED) is 0.855. The second-order valence-corrected chi connectivity index (χ2v) is 4.94. The van der Waals surface area contributed by atoms with E-state index in [1.807, 2.05) is 37.4 Å². The first kappa shape index (κ1) is 14.0. The maximum atomic E-state index is 11.8. The Bertz CT molecular complexity index is 394. The first-order chi connectivity index (χ1) is 9.29. The molecular weight excluding hydrogens is 240 g/mol. The molecule has 0 radical (unpaired) electrons. The van der Waals surface area contributed by atoms with Gasteiger partial charge in [0.1, 0.15) is 6.61 Å². The second-order valence-electron chi connectivity index (χ2n) is 4.94. The van der Waals surface area contributed by atoms with Crippen LogP contribution in [0, 0.1) is 0 Å². The van der Waals surface area contributed by atoms with Crippen molar-refractivity contribution in [3.8, 4) is 0 Å². The number of amides is 1. The minimum Gasteiger partial charge on any atom is -0.367 e. The Balaban J connectivity index is 1.76. The van der Waals surface area contributed by atoms with E-state index in [4.69, 9.17) is 4.74 Å². The van der Waals surface area contributed by atoms with Gasteiger partial charge in [-0.15, -0.1) is 0 Å². The molecule has 1 aromatic rings. The normalized spacial score (nSPS) is 23.0. The van der Waals surface area contributed by atoms with Gasteiger partial charge in [-0.1, -0.05) is 31.0 Å². The highest BCUT2D eigenvalue weighted by Gasteiger charge is 2.24. The molecule has 2 rings (SSSR count). The lowest BCUT2D eigenvalue weighted by Crippen LogP contribution is -2.42. The van der Waals surface area contributed by atoms with Crippen LogP contribution >= 0.6 is 0 Å². The molecule has 1 amide bonds. The van der Waals surface area contributed by atoms with Crippen molar-refractivity contribution in [3.63, 3.8) is 0 Å². The maximum absolute atomic E-state index is 11.8. The van der Waals surface area contributed by atoms with E-state index in [1.165, 1.54) is 12.8 Å². The number of carbonyl (C=O) groups excluding carboxylic acids is 1. The molecule has 0 aliphatic heterocycles. The van der Waals surface area contributed by atoms with Crippen LogP contribution in [0.1, 0.15) is 25.7 Å². The molecule has 0 heterocycles. The van der Waals surface area contributed by atoms with Gasteiger partial charge in [0.25, 0.3) is 0 Å². The number of carbonyl (C=O) groups is 1. The highest BCUT2D eigenvalue weighted by atomic mass is 16.5. The van der Waals surface area contributed by atoms with Crippen LogP contribution in [0.3, 0.4) is 0 Å². The molecular formula is C15H22N2O2. The van der Waals surface area contributed by atoms with Crippen molar-refractivity contribution in [3.05, 3.63) is 30.3 Å². The SMILES string of the molecule is CNC1CCCCC1OCC(=O)Nc1ccccc1. The van der Waals surface area contributed by atoms with E-state index in [0.29, 0.717) is 6.04 Å². The van der Waals surface area contributed by atoms with Crippen LogP contribution in [-0.2, 0) is 9.53 Å². The summed E-state index contributed by atoms with van der Waals surface area (Å²) in [6, 6.07) is 9.83. The molecule has 0 aromatic heterocycles. The molecule has 1 aliphatic rings. The fourth-order valence-electron chi connectivity index (χ4n) is 2.53. The zero-order chi connectivity index (χ0) is 13.5. The summed E-state index contributed by atoms with van der Waals surface area (Å²) in [4.78, 5) is 11.8. The largest absolute Gasteiger partial charge is 0.367 e. The molecule has 4 heteroatoms. The van der Waals surface area contributed by atoms with Crippen molar-refractivity contribution in [2.24, 2.45) is 0 Å². The zero-order valence-electron chi connectivity index (χ0n) is 11.4. The molecule has 2 unspecified atom stereocenters. The fraction of sp³-hybridized carbons (Fsp3) is 0.533. The molecule has 0 bridgehead atoms. The predicted octanol–water partition coefficient (Wildman–Crippen LogP) is 2.17. The van der Waals surface area contributed by atoms with Crippen LogP contribution in [0.2, 0.25) is 0 Å². The van der Waals surface area contributed by atoms with E-state index in [-0.39, 0.29) is 18.6 Å². The maximum Gasteiger partial charge on any atom is 0.250 e. The number of benzene rings is 1. The fourth-order valence-corrected chi connectivity index (χ4v) is 2.53. The molecule has 1 saturated carbocycles. The van der Waals surface area contributed by atoms with Crippen molar-refractivity contribution in [1.29, 1.82) is 0 Å². The van der Waals surface area contributed by atoms with Gasteiger partial charge in [-0.05, 0) is 32.0 Å². The summed E-state index contributed by atoms with van der Waals surface area (Å²) < 4.78 is 5.75. The van der Waals surface area contributed by atoms with E-state index in [2.05, 4.69) is 10.6 Å². The number of para-hydroxylation sites is 1. The lowest BCUT2D eigenvalue weighted by atomic mass is 9.92. The highest BCUT2D eigenvalue weighted by molar-refractivity contribution is 5.91. The summed E-state index contributed by atoms with van der Waals surface area (Å²) in [5.41, 5.74) is 0.810. The van der Waals surface area contributed by atoms with Gasteiger partial charge in [-0.2, -0.15) is 0 Å². The molecule has 4 nitrogen and oxygen atoms in total. The van der Waals surface area contributed by atoms with Crippen molar-refractivity contribution in [1.82, 2.24) is 5.32 Å². The van der Waals surface area contributed by atoms with Crippen molar-refractivity contribution in [2.75, 3.05) is 19.0 Å². The van der Waals surface area contributed by atoms with Gasteiger partial charge in [-0.25, -0.2) is 0 Å². The van der Waals surface area contributed by atoms with Gasteiger partial charge < -0.3 is 15.4 Å². The Morgan fingerprint density at radius 2 is 2.00 bits per heavy atom. The Labute approximate surface area is 114 Å². The average molecular weight is 262 g/mol. The Morgan fingerprint density at radius 3 is 2.74 bits per heavy atom. The number of hydrogen-bond acceptors (Lipinski definition) is 3. The number of ether oxygens (including phenoxy) is 1. The van der Waals surface area contributed by atoms with Crippen LogP contribution in [0.4, 0.5) is 5.69 Å². The molecule has 1 aromatic carbocycles. The van der Waals surface area contributed by atoms with Crippen LogP contribution in [0.15, 0.2) is 30.3 Å². The summed E-state index contributed by atoms with van der Waals surface area (Å²) >= 11 is 0. The summed E-state index contributed by atoms with van der Waals surface area (Å²) in [7, 11) is 1.95. The van der Waals surface area contributed by atoms with Gasteiger partial charge in [0.05, 0.1) is 6.10 Å². The van der Waals surface area contributed by atoms with Gasteiger partial charge in [-0.3, -0.25) is 4.79 Å². The summed E-state index contributed by atoms with van der Waals surface area (Å²) in [6.07, 6.45) is 4.73. The second kappa shape index (κ2) is 7.26. The van der Waals surface area contributed by atoms with Gasteiger partial charge in [0.2, 0.25) is 5.91 Å². The lowest BCUT2D eigenvalue weighted by Gasteiger charge is -2.30. The Morgan fingerprint density at radius 1 is 1.26 bits per heavy atom. The Kier molecular flexibility index (Phi) is 5.36. The molecule has 0 saturated heterocycles. The number of likely N-dealkylation sites (N-methyl/N-ethyl adjacent to an activating group) is 1. The summed E-state index contributed by atoms with van der Waals surface area (Å²) in [5, 5.41) is 6.10. The lowest BCUT2D eigenvalue weighted by molar-refractivity contribution is -0.123. The average Bonchev–Trinajstić information content (AvgIpc) is 2.46. The molecule has 2 atom stereocenters. The summed E-state index contributed by atoms with van der Waals surface area (Å²) in [6.45, 7) is 0.123. The van der Waals surface area contributed by atoms with Crippen LogP contribution in [0.5, 0.6) is 0 Å². The molecule has 0 spiro atoms. The van der Waals surface area contributed by atoms with E-state index < -0.39 is 0 Å². The minimum atomic E-state index is -0.0911. The van der Waals surface area contributed by atoms with Crippen molar-refractivity contribution >= 4 is 11.6 Å².